The Morgan fingerprint density at radius 1 is 1.15 bits per heavy atom. The van der Waals surface area contributed by atoms with E-state index in [9.17, 15) is 9.18 Å². The number of rotatable bonds is 3. The van der Waals surface area contributed by atoms with Crippen LogP contribution in [0.3, 0.4) is 0 Å². The Bertz CT molecular complexity index is 623. The fourth-order valence-corrected chi connectivity index (χ4v) is 1.58. The summed E-state index contributed by atoms with van der Waals surface area (Å²) >= 11 is 0. The Labute approximate surface area is 116 Å². The monoisotopic (exact) mass is 271 g/mol. The van der Waals surface area contributed by atoms with Crippen molar-refractivity contribution in [1.82, 2.24) is 5.43 Å². The first kappa shape index (κ1) is 13.7. The molecule has 0 spiro atoms. The quantitative estimate of drug-likeness (QED) is 0.653. The largest absolute Gasteiger partial charge is 0.339 e. The van der Waals surface area contributed by atoms with Gasteiger partial charge in [0.2, 0.25) is 0 Å². The second kappa shape index (κ2) is 6.47. The standard InChI is InChI=1S/C15H14FN3O/c1-11-4-2-3-5-14(11)18-15(20)19-17-10-12-6-8-13(16)9-7-12/h2-10H,1H3,(H2,18,19,20). The molecular formula is C15H14FN3O. The zero-order valence-electron chi connectivity index (χ0n) is 10.9. The van der Waals surface area contributed by atoms with Gasteiger partial charge in [-0.1, -0.05) is 30.3 Å². The predicted molar refractivity (Wildman–Crippen MR) is 77.3 cm³/mol. The molecule has 0 bridgehead atoms. The molecule has 2 rings (SSSR count). The summed E-state index contributed by atoms with van der Waals surface area (Å²) in [4.78, 5) is 11.6. The number of halogens is 1. The molecule has 0 aliphatic carbocycles. The van der Waals surface area contributed by atoms with Crippen LogP contribution in [0.4, 0.5) is 14.9 Å². The van der Waals surface area contributed by atoms with Crippen LogP contribution in [0.25, 0.3) is 0 Å². The van der Waals surface area contributed by atoms with E-state index >= 15 is 0 Å². The van der Waals surface area contributed by atoms with E-state index in [-0.39, 0.29) is 5.82 Å². The number of carbonyl (C=O) groups excluding carboxylic acids is 1. The molecule has 0 fully saturated rings. The van der Waals surface area contributed by atoms with Crippen LogP contribution in [-0.4, -0.2) is 12.2 Å². The highest BCUT2D eigenvalue weighted by Gasteiger charge is 2.01. The third-order valence-electron chi connectivity index (χ3n) is 2.64. The van der Waals surface area contributed by atoms with E-state index in [1.165, 1.54) is 18.3 Å². The molecule has 0 aliphatic heterocycles. The minimum Gasteiger partial charge on any atom is -0.306 e. The maximum atomic E-state index is 12.7. The summed E-state index contributed by atoms with van der Waals surface area (Å²) in [5, 5.41) is 6.47. The predicted octanol–water partition coefficient (Wildman–Crippen LogP) is 3.29. The van der Waals surface area contributed by atoms with E-state index in [1.54, 1.807) is 18.2 Å². The lowest BCUT2D eigenvalue weighted by atomic mass is 10.2. The number of anilines is 1. The molecule has 2 N–H and O–H groups in total. The van der Waals surface area contributed by atoms with E-state index in [1.807, 2.05) is 25.1 Å². The topological polar surface area (TPSA) is 53.5 Å². The zero-order chi connectivity index (χ0) is 14.4. The average molecular weight is 271 g/mol. The van der Waals surface area contributed by atoms with Crippen molar-refractivity contribution in [3.05, 3.63) is 65.5 Å². The van der Waals surface area contributed by atoms with Crippen LogP contribution in [0.2, 0.25) is 0 Å². The second-order valence-corrected chi connectivity index (χ2v) is 4.19. The number of urea groups is 1. The van der Waals surface area contributed by atoms with Gasteiger partial charge in [-0.25, -0.2) is 14.6 Å². The fraction of sp³-hybridized carbons (Fsp3) is 0.0667. The van der Waals surface area contributed by atoms with Crippen molar-refractivity contribution >= 4 is 17.9 Å². The number of amides is 2. The highest BCUT2D eigenvalue weighted by molar-refractivity contribution is 5.91. The molecule has 0 aromatic heterocycles. The summed E-state index contributed by atoms with van der Waals surface area (Å²) in [5.74, 6) is -0.313. The maximum absolute atomic E-state index is 12.7. The van der Waals surface area contributed by atoms with Crippen molar-refractivity contribution in [3.8, 4) is 0 Å². The van der Waals surface area contributed by atoms with Crippen LogP contribution in [-0.2, 0) is 0 Å². The summed E-state index contributed by atoms with van der Waals surface area (Å²) in [5.41, 5.74) is 4.73. The lowest BCUT2D eigenvalue weighted by molar-refractivity contribution is 0.252. The molecule has 2 aromatic carbocycles. The molecule has 0 aliphatic rings. The molecule has 2 aromatic rings. The van der Waals surface area contributed by atoms with Gasteiger partial charge in [0.15, 0.2) is 0 Å². The molecule has 0 unspecified atom stereocenters. The molecular weight excluding hydrogens is 257 g/mol. The number of hydrogen-bond acceptors (Lipinski definition) is 2. The number of hydrazone groups is 1. The van der Waals surface area contributed by atoms with Crippen LogP contribution in [0.5, 0.6) is 0 Å². The lowest BCUT2D eigenvalue weighted by Crippen LogP contribution is -2.24. The first-order valence-corrected chi connectivity index (χ1v) is 6.06. The SMILES string of the molecule is Cc1ccccc1NC(=O)NN=Cc1ccc(F)cc1. The minimum absolute atomic E-state index is 0.313. The van der Waals surface area contributed by atoms with E-state index in [4.69, 9.17) is 0 Å². The average Bonchev–Trinajstić information content (AvgIpc) is 2.44. The Kier molecular flexibility index (Phi) is 4.44. The first-order valence-electron chi connectivity index (χ1n) is 6.06. The second-order valence-electron chi connectivity index (χ2n) is 4.19. The third-order valence-corrected chi connectivity index (χ3v) is 2.64. The van der Waals surface area contributed by atoms with Crippen molar-refractivity contribution in [1.29, 1.82) is 0 Å². The summed E-state index contributed by atoms with van der Waals surface area (Å²) in [6.07, 6.45) is 1.44. The molecule has 0 saturated heterocycles. The zero-order valence-corrected chi connectivity index (χ0v) is 10.9. The van der Waals surface area contributed by atoms with Crippen molar-refractivity contribution in [3.63, 3.8) is 0 Å². The smallest absolute Gasteiger partial charge is 0.306 e. The van der Waals surface area contributed by atoms with E-state index in [0.717, 1.165) is 11.3 Å². The van der Waals surface area contributed by atoms with Crippen molar-refractivity contribution in [2.45, 2.75) is 6.92 Å². The number of benzene rings is 2. The van der Waals surface area contributed by atoms with E-state index in [0.29, 0.717) is 5.56 Å². The van der Waals surface area contributed by atoms with Crippen molar-refractivity contribution < 1.29 is 9.18 Å². The lowest BCUT2D eigenvalue weighted by Gasteiger charge is -2.06. The van der Waals surface area contributed by atoms with Gasteiger partial charge in [0.25, 0.3) is 0 Å². The third kappa shape index (κ3) is 3.91. The van der Waals surface area contributed by atoms with Gasteiger partial charge in [0.05, 0.1) is 6.21 Å². The molecule has 0 atom stereocenters. The maximum Gasteiger partial charge on any atom is 0.339 e. The van der Waals surface area contributed by atoms with Gasteiger partial charge >= 0.3 is 6.03 Å². The summed E-state index contributed by atoms with van der Waals surface area (Å²) in [6.45, 7) is 1.90. The number of aryl methyl sites for hydroxylation is 1. The number of nitrogens with one attached hydrogen (secondary N) is 2. The Morgan fingerprint density at radius 3 is 2.55 bits per heavy atom. The van der Waals surface area contributed by atoms with Crippen LogP contribution in [0, 0.1) is 12.7 Å². The molecule has 102 valence electrons. The van der Waals surface area contributed by atoms with E-state index in [2.05, 4.69) is 15.8 Å². The van der Waals surface area contributed by atoms with Crippen LogP contribution in [0.15, 0.2) is 53.6 Å². The molecule has 5 heteroatoms. The highest BCUT2D eigenvalue weighted by atomic mass is 19.1. The van der Waals surface area contributed by atoms with Crippen LogP contribution < -0.4 is 10.7 Å². The number of hydrogen-bond donors (Lipinski definition) is 2. The number of para-hydroxylation sites is 1. The van der Waals surface area contributed by atoms with Crippen LogP contribution >= 0.6 is 0 Å². The Hall–Kier alpha value is -2.69. The van der Waals surface area contributed by atoms with Gasteiger partial charge in [0, 0.05) is 5.69 Å². The van der Waals surface area contributed by atoms with E-state index < -0.39 is 6.03 Å². The Balaban J connectivity index is 1.89. The molecule has 2 amide bonds. The van der Waals surface area contributed by atoms with Gasteiger partial charge in [-0.05, 0) is 36.2 Å². The van der Waals surface area contributed by atoms with Gasteiger partial charge in [-0.3, -0.25) is 0 Å². The normalized spacial score (nSPS) is 10.5. The summed E-state index contributed by atoms with van der Waals surface area (Å²) < 4.78 is 12.7. The van der Waals surface area contributed by atoms with Gasteiger partial charge in [-0.15, -0.1) is 0 Å². The Morgan fingerprint density at radius 2 is 1.85 bits per heavy atom. The number of nitrogens with zero attached hydrogens (tertiary/aromatic N) is 1. The first-order chi connectivity index (χ1) is 9.65. The van der Waals surface area contributed by atoms with Gasteiger partial charge < -0.3 is 5.32 Å². The van der Waals surface area contributed by atoms with Gasteiger partial charge in [-0.2, -0.15) is 5.10 Å². The molecule has 0 heterocycles. The fourth-order valence-electron chi connectivity index (χ4n) is 1.58. The van der Waals surface area contributed by atoms with Crippen molar-refractivity contribution in [2.24, 2.45) is 5.10 Å². The van der Waals surface area contributed by atoms with Crippen molar-refractivity contribution in [2.75, 3.05) is 5.32 Å². The number of carbonyl (C=O) groups is 1. The van der Waals surface area contributed by atoms with Gasteiger partial charge in [0.1, 0.15) is 5.82 Å². The van der Waals surface area contributed by atoms with Crippen LogP contribution in [0.1, 0.15) is 11.1 Å². The molecule has 20 heavy (non-hydrogen) atoms. The molecule has 0 saturated carbocycles. The summed E-state index contributed by atoms with van der Waals surface area (Å²) in [6, 6.07) is 12.8. The minimum atomic E-state index is -0.433. The summed E-state index contributed by atoms with van der Waals surface area (Å²) in [7, 11) is 0. The molecule has 0 radical (unpaired) electrons. The highest BCUT2D eigenvalue weighted by Crippen LogP contribution is 2.12. The molecule has 4 nitrogen and oxygen atoms in total.